The number of amidine groups is 1. The van der Waals surface area contributed by atoms with Crippen LogP contribution in [0.1, 0.15) is 39.0 Å². The molecule has 1 aliphatic rings. The Morgan fingerprint density at radius 2 is 2.23 bits per heavy atom. The molecule has 3 heteroatoms. The summed E-state index contributed by atoms with van der Waals surface area (Å²) in [6.45, 7) is 3.07. The van der Waals surface area contributed by atoms with Crippen molar-refractivity contribution in [2.45, 2.75) is 43.8 Å². The second-order valence-electron chi connectivity index (χ2n) is 3.80. The summed E-state index contributed by atoms with van der Waals surface area (Å²) in [6.07, 6.45) is 8.23. The molecule has 1 fully saturated rings. The van der Waals surface area contributed by atoms with Gasteiger partial charge in [-0.25, -0.2) is 0 Å². The molecular formula is C10H20N2S. The second kappa shape index (κ2) is 4.89. The molecule has 1 saturated carbocycles. The zero-order valence-corrected chi connectivity index (χ0v) is 9.49. The first-order chi connectivity index (χ1) is 6.22. The van der Waals surface area contributed by atoms with Crippen LogP contribution in [0.4, 0.5) is 0 Å². The van der Waals surface area contributed by atoms with Crippen LogP contribution in [0.3, 0.4) is 0 Å². The summed E-state index contributed by atoms with van der Waals surface area (Å²) in [5.41, 5.74) is 5.77. The van der Waals surface area contributed by atoms with E-state index >= 15 is 0 Å². The van der Waals surface area contributed by atoms with Crippen LogP contribution in [-0.2, 0) is 0 Å². The molecule has 0 amide bonds. The third kappa shape index (κ3) is 2.90. The first-order valence-corrected chi connectivity index (χ1v) is 6.29. The molecule has 0 aliphatic heterocycles. The van der Waals surface area contributed by atoms with Gasteiger partial charge in [0.25, 0.3) is 0 Å². The summed E-state index contributed by atoms with van der Waals surface area (Å²) in [6, 6.07) is 0. The third-order valence-corrected chi connectivity index (χ3v) is 4.18. The van der Waals surface area contributed by atoms with Crippen molar-refractivity contribution in [2.75, 3.05) is 12.8 Å². The maximum absolute atomic E-state index is 5.77. The van der Waals surface area contributed by atoms with Gasteiger partial charge in [0.15, 0.2) is 0 Å². The van der Waals surface area contributed by atoms with E-state index in [-0.39, 0.29) is 0 Å². The van der Waals surface area contributed by atoms with Crippen LogP contribution >= 0.6 is 11.8 Å². The van der Waals surface area contributed by atoms with Gasteiger partial charge in [-0.3, -0.25) is 4.99 Å². The number of nitrogens with zero attached hydrogens (tertiary/aromatic N) is 1. The van der Waals surface area contributed by atoms with Crippen LogP contribution in [-0.4, -0.2) is 23.4 Å². The SMILES string of the molecule is CCCC(N)=NCC1(SC)CCC1. The number of aliphatic imine (C=N–C) groups is 1. The molecule has 2 nitrogen and oxygen atoms in total. The van der Waals surface area contributed by atoms with Crippen molar-refractivity contribution < 1.29 is 0 Å². The van der Waals surface area contributed by atoms with Crippen molar-refractivity contribution in [1.82, 2.24) is 0 Å². The summed E-state index contributed by atoms with van der Waals surface area (Å²) in [5.74, 6) is 0.836. The lowest BCUT2D eigenvalue weighted by molar-refractivity contribution is 0.372. The van der Waals surface area contributed by atoms with Crippen LogP contribution in [0.2, 0.25) is 0 Å². The molecule has 1 rings (SSSR count). The zero-order chi connectivity index (χ0) is 9.73. The lowest BCUT2D eigenvalue weighted by atomic mass is 9.84. The first kappa shape index (κ1) is 10.9. The average molecular weight is 200 g/mol. The number of hydrogen-bond donors (Lipinski definition) is 1. The van der Waals surface area contributed by atoms with Gasteiger partial charge in [-0.2, -0.15) is 11.8 Å². The smallest absolute Gasteiger partial charge is 0.0937 e. The van der Waals surface area contributed by atoms with Gasteiger partial charge in [0.1, 0.15) is 0 Å². The molecule has 0 atom stereocenters. The van der Waals surface area contributed by atoms with Crippen LogP contribution in [0.25, 0.3) is 0 Å². The Balaban J connectivity index is 2.34. The highest BCUT2D eigenvalue weighted by atomic mass is 32.2. The minimum Gasteiger partial charge on any atom is -0.387 e. The molecule has 0 unspecified atom stereocenters. The van der Waals surface area contributed by atoms with E-state index in [9.17, 15) is 0 Å². The fraction of sp³-hybridized carbons (Fsp3) is 0.900. The van der Waals surface area contributed by atoms with Crippen molar-refractivity contribution in [2.24, 2.45) is 10.7 Å². The maximum atomic E-state index is 5.77. The summed E-state index contributed by atoms with van der Waals surface area (Å²) in [5, 5.41) is 0. The van der Waals surface area contributed by atoms with Crippen molar-refractivity contribution >= 4 is 17.6 Å². The van der Waals surface area contributed by atoms with E-state index in [2.05, 4.69) is 18.2 Å². The molecule has 76 valence electrons. The summed E-state index contributed by atoms with van der Waals surface area (Å²) in [4.78, 5) is 4.45. The van der Waals surface area contributed by atoms with E-state index in [0.29, 0.717) is 4.75 Å². The highest BCUT2D eigenvalue weighted by Crippen LogP contribution is 2.42. The van der Waals surface area contributed by atoms with Crippen molar-refractivity contribution in [3.05, 3.63) is 0 Å². The second-order valence-corrected chi connectivity index (χ2v) is 5.07. The molecule has 0 heterocycles. The van der Waals surface area contributed by atoms with E-state index in [0.717, 1.165) is 25.2 Å². The fourth-order valence-corrected chi connectivity index (χ4v) is 2.47. The molecule has 0 aromatic heterocycles. The van der Waals surface area contributed by atoms with Gasteiger partial charge in [-0.1, -0.05) is 13.3 Å². The monoisotopic (exact) mass is 200 g/mol. The Kier molecular flexibility index (Phi) is 4.10. The molecule has 0 radical (unpaired) electrons. The Bertz CT molecular complexity index is 180. The molecule has 0 bridgehead atoms. The summed E-state index contributed by atoms with van der Waals surface area (Å²) in [7, 11) is 0. The Labute approximate surface area is 85.4 Å². The van der Waals surface area contributed by atoms with Crippen molar-refractivity contribution in [3.8, 4) is 0 Å². The van der Waals surface area contributed by atoms with Gasteiger partial charge in [0.05, 0.1) is 12.4 Å². The fourth-order valence-electron chi connectivity index (χ4n) is 1.58. The number of nitrogens with two attached hydrogens (primary N) is 1. The van der Waals surface area contributed by atoms with E-state index in [1.54, 1.807) is 0 Å². The van der Waals surface area contributed by atoms with Crippen LogP contribution in [0.15, 0.2) is 4.99 Å². The minimum atomic E-state index is 0.443. The van der Waals surface area contributed by atoms with Crippen molar-refractivity contribution in [1.29, 1.82) is 0 Å². The number of thioether (sulfide) groups is 1. The van der Waals surface area contributed by atoms with E-state index < -0.39 is 0 Å². The normalized spacial score (nSPS) is 21.2. The Hall–Kier alpha value is -0.180. The molecule has 2 N–H and O–H groups in total. The van der Waals surface area contributed by atoms with Gasteiger partial charge in [0.2, 0.25) is 0 Å². The van der Waals surface area contributed by atoms with Crippen LogP contribution < -0.4 is 5.73 Å². The molecular weight excluding hydrogens is 180 g/mol. The molecule has 0 aromatic rings. The van der Waals surface area contributed by atoms with E-state index in [4.69, 9.17) is 5.73 Å². The summed E-state index contributed by atoms with van der Waals surface area (Å²) < 4.78 is 0.443. The predicted molar refractivity (Wildman–Crippen MR) is 61.5 cm³/mol. The molecule has 1 aliphatic carbocycles. The third-order valence-electron chi connectivity index (χ3n) is 2.77. The maximum Gasteiger partial charge on any atom is 0.0937 e. The molecule has 0 aromatic carbocycles. The Morgan fingerprint density at radius 1 is 1.54 bits per heavy atom. The van der Waals surface area contributed by atoms with Gasteiger partial charge in [-0.15, -0.1) is 0 Å². The quantitative estimate of drug-likeness (QED) is 0.547. The largest absolute Gasteiger partial charge is 0.387 e. The molecule has 0 saturated heterocycles. The lowest BCUT2D eigenvalue weighted by Crippen LogP contribution is -2.37. The summed E-state index contributed by atoms with van der Waals surface area (Å²) >= 11 is 1.96. The Morgan fingerprint density at radius 3 is 2.62 bits per heavy atom. The topological polar surface area (TPSA) is 38.4 Å². The number of hydrogen-bond acceptors (Lipinski definition) is 2. The molecule has 0 spiro atoms. The van der Waals surface area contributed by atoms with Crippen LogP contribution in [0.5, 0.6) is 0 Å². The average Bonchev–Trinajstić information content (AvgIpc) is 2.04. The van der Waals surface area contributed by atoms with Gasteiger partial charge in [0, 0.05) is 11.2 Å². The standard InChI is InChI=1S/C10H20N2S/c1-3-5-9(11)12-8-10(13-2)6-4-7-10/h3-8H2,1-2H3,(H2,11,12). The van der Waals surface area contributed by atoms with Crippen molar-refractivity contribution in [3.63, 3.8) is 0 Å². The first-order valence-electron chi connectivity index (χ1n) is 5.06. The van der Waals surface area contributed by atoms with Gasteiger partial charge >= 0.3 is 0 Å². The number of rotatable bonds is 5. The highest BCUT2D eigenvalue weighted by Gasteiger charge is 2.35. The van der Waals surface area contributed by atoms with E-state index in [1.807, 2.05) is 11.8 Å². The van der Waals surface area contributed by atoms with Crippen LogP contribution in [0, 0.1) is 0 Å². The van der Waals surface area contributed by atoms with E-state index in [1.165, 1.54) is 19.3 Å². The zero-order valence-electron chi connectivity index (χ0n) is 8.68. The lowest BCUT2D eigenvalue weighted by Gasteiger charge is -2.39. The predicted octanol–water partition coefficient (Wildman–Crippen LogP) is 2.43. The highest BCUT2D eigenvalue weighted by molar-refractivity contribution is 8.00. The minimum absolute atomic E-state index is 0.443. The van der Waals surface area contributed by atoms with Gasteiger partial charge < -0.3 is 5.73 Å². The van der Waals surface area contributed by atoms with Gasteiger partial charge in [-0.05, 0) is 25.5 Å². The molecule has 13 heavy (non-hydrogen) atoms.